The standard InChI is InChI=1S/C22H30N4O3/c1-3-5-6-21(27)23-16-7-8-19-17(14-16)18(22(28)29)15-20(24-19)26-12-10-25(9-4-2)11-13-26/h7-8,14-15H,3-6,9-13H2,1-2H3,(H,23,27)(H,28,29). The minimum atomic E-state index is -0.988. The van der Waals surface area contributed by atoms with Crippen molar-refractivity contribution in [2.45, 2.75) is 39.5 Å². The van der Waals surface area contributed by atoms with Gasteiger partial charge in [0.2, 0.25) is 5.91 Å². The van der Waals surface area contributed by atoms with Gasteiger partial charge in [-0.3, -0.25) is 9.69 Å². The van der Waals surface area contributed by atoms with E-state index < -0.39 is 5.97 Å². The Balaban J connectivity index is 1.85. The molecule has 7 heteroatoms. The molecule has 0 radical (unpaired) electrons. The molecule has 2 aromatic rings. The molecule has 1 aromatic carbocycles. The number of anilines is 2. The van der Waals surface area contributed by atoms with Gasteiger partial charge in [0.15, 0.2) is 0 Å². The molecule has 0 bridgehead atoms. The summed E-state index contributed by atoms with van der Waals surface area (Å²) in [6, 6.07) is 6.93. The van der Waals surface area contributed by atoms with Crippen molar-refractivity contribution in [3.8, 4) is 0 Å². The number of aromatic nitrogens is 1. The van der Waals surface area contributed by atoms with Crippen LogP contribution < -0.4 is 10.2 Å². The zero-order valence-electron chi connectivity index (χ0n) is 17.3. The van der Waals surface area contributed by atoms with Crippen LogP contribution in [-0.4, -0.2) is 59.6 Å². The first-order chi connectivity index (χ1) is 14.0. The highest BCUT2D eigenvalue weighted by Crippen LogP contribution is 2.27. The number of carboxylic acids is 1. The lowest BCUT2D eigenvalue weighted by molar-refractivity contribution is -0.116. The zero-order chi connectivity index (χ0) is 20.8. The third-order valence-electron chi connectivity index (χ3n) is 5.30. The van der Waals surface area contributed by atoms with Crippen LogP contribution in [0, 0.1) is 0 Å². The lowest BCUT2D eigenvalue weighted by atomic mass is 10.1. The summed E-state index contributed by atoms with van der Waals surface area (Å²) >= 11 is 0. The molecular formula is C22H30N4O3. The highest BCUT2D eigenvalue weighted by atomic mass is 16.4. The number of aromatic carboxylic acids is 1. The molecule has 156 valence electrons. The van der Waals surface area contributed by atoms with E-state index in [1.54, 1.807) is 24.3 Å². The van der Waals surface area contributed by atoms with Crippen LogP contribution in [0.4, 0.5) is 11.5 Å². The molecule has 29 heavy (non-hydrogen) atoms. The molecule has 1 fully saturated rings. The lowest BCUT2D eigenvalue weighted by Crippen LogP contribution is -2.46. The number of fused-ring (bicyclic) bond motifs is 1. The summed E-state index contributed by atoms with van der Waals surface area (Å²) in [5.41, 5.74) is 1.44. The molecule has 0 unspecified atom stereocenters. The number of nitrogens with one attached hydrogen (secondary N) is 1. The maximum atomic E-state index is 12.0. The minimum Gasteiger partial charge on any atom is -0.478 e. The van der Waals surface area contributed by atoms with Crippen LogP contribution >= 0.6 is 0 Å². The Morgan fingerprint density at radius 3 is 2.52 bits per heavy atom. The summed E-state index contributed by atoms with van der Waals surface area (Å²) in [6.07, 6.45) is 3.38. The number of unbranched alkanes of at least 4 members (excludes halogenated alkanes) is 1. The highest BCUT2D eigenvalue weighted by molar-refractivity contribution is 6.05. The molecule has 0 saturated carbocycles. The summed E-state index contributed by atoms with van der Waals surface area (Å²) in [5.74, 6) is -0.346. The quantitative estimate of drug-likeness (QED) is 0.707. The van der Waals surface area contributed by atoms with Crippen molar-refractivity contribution in [3.05, 3.63) is 29.8 Å². The normalized spacial score (nSPS) is 14.9. The fraction of sp³-hybridized carbons (Fsp3) is 0.500. The number of nitrogens with zero attached hydrogens (tertiary/aromatic N) is 3. The number of carbonyl (C=O) groups excluding carboxylic acids is 1. The van der Waals surface area contributed by atoms with Gasteiger partial charge in [-0.25, -0.2) is 9.78 Å². The Morgan fingerprint density at radius 1 is 1.10 bits per heavy atom. The third-order valence-corrected chi connectivity index (χ3v) is 5.30. The van der Waals surface area contributed by atoms with E-state index in [9.17, 15) is 14.7 Å². The lowest BCUT2D eigenvalue weighted by Gasteiger charge is -2.35. The average Bonchev–Trinajstić information content (AvgIpc) is 2.72. The van der Waals surface area contributed by atoms with Gasteiger partial charge in [0.1, 0.15) is 5.82 Å². The Kier molecular flexibility index (Phi) is 7.04. The van der Waals surface area contributed by atoms with E-state index in [-0.39, 0.29) is 11.5 Å². The molecule has 1 amide bonds. The molecule has 0 aliphatic carbocycles. The van der Waals surface area contributed by atoms with Crippen molar-refractivity contribution in [2.75, 3.05) is 42.9 Å². The summed E-state index contributed by atoms with van der Waals surface area (Å²) < 4.78 is 0. The molecular weight excluding hydrogens is 368 g/mol. The van der Waals surface area contributed by atoms with E-state index in [1.807, 2.05) is 6.92 Å². The number of piperazine rings is 1. The van der Waals surface area contributed by atoms with E-state index in [2.05, 4.69) is 22.0 Å². The van der Waals surface area contributed by atoms with E-state index in [4.69, 9.17) is 4.98 Å². The number of carbonyl (C=O) groups is 2. The maximum absolute atomic E-state index is 12.0. The van der Waals surface area contributed by atoms with Gasteiger partial charge in [-0.1, -0.05) is 20.3 Å². The van der Waals surface area contributed by atoms with E-state index in [0.717, 1.165) is 52.0 Å². The predicted molar refractivity (Wildman–Crippen MR) is 116 cm³/mol. The van der Waals surface area contributed by atoms with Crippen molar-refractivity contribution < 1.29 is 14.7 Å². The number of amides is 1. The fourth-order valence-electron chi connectivity index (χ4n) is 3.71. The SMILES string of the molecule is CCCCC(=O)Nc1ccc2nc(N3CCN(CCC)CC3)cc(C(=O)O)c2c1. The van der Waals surface area contributed by atoms with Crippen LogP contribution in [0.25, 0.3) is 10.9 Å². The molecule has 3 rings (SSSR count). The molecule has 0 atom stereocenters. The van der Waals surface area contributed by atoms with Crippen molar-refractivity contribution in [1.29, 1.82) is 0 Å². The van der Waals surface area contributed by atoms with E-state index in [0.29, 0.717) is 28.8 Å². The minimum absolute atomic E-state index is 0.0578. The van der Waals surface area contributed by atoms with Crippen molar-refractivity contribution in [1.82, 2.24) is 9.88 Å². The second-order valence-electron chi connectivity index (χ2n) is 7.55. The first-order valence-corrected chi connectivity index (χ1v) is 10.5. The van der Waals surface area contributed by atoms with Gasteiger partial charge in [0.25, 0.3) is 0 Å². The number of benzene rings is 1. The van der Waals surface area contributed by atoms with Gasteiger partial charge in [0.05, 0.1) is 11.1 Å². The highest BCUT2D eigenvalue weighted by Gasteiger charge is 2.20. The van der Waals surface area contributed by atoms with Crippen LogP contribution in [0.2, 0.25) is 0 Å². The van der Waals surface area contributed by atoms with Gasteiger partial charge in [-0.15, -0.1) is 0 Å². The Morgan fingerprint density at radius 2 is 1.86 bits per heavy atom. The number of pyridine rings is 1. The van der Waals surface area contributed by atoms with Crippen LogP contribution in [0.3, 0.4) is 0 Å². The fourth-order valence-corrected chi connectivity index (χ4v) is 3.71. The summed E-state index contributed by atoms with van der Waals surface area (Å²) in [4.78, 5) is 33.2. The number of carboxylic acid groups (broad SMARTS) is 1. The Bertz CT molecular complexity index is 876. The maximum Gasteiger partial charge on any atom is 0.336 e. The summed E-state index contributed by atoms with van der Waals surface area (Å²) in [5, 5.41) is 13.2. The average molecular weight is 399 g/mol. The molecule has 1 aromatic heterocycles. The zero-order valence-corrected chi connectivity index (χ0v) is 17.3. The van der Waals surface area contributed by atoms with E-state index >= 15 is 0 Å². The molecule has 2 heterocycles. The van der Waals surface area contributed by atoms with Gasteiger partial charge in [-0.05, 0) is 43.7 Å². The molecule has 1 aliphatic heterocycles. The Hall–Kier alpha value is -2.67. The molecule has 7 nitrogen and oxygen atoms in total. The van der Waals surface area contributed by atoms with Crippen molar-refractivity contribution >= 4 is 34.3 Å². The van der Waals surface area contributed by atoms with Gasteiger partial charge in [0, 0.05) is 43.7 Å². The largest absolute Gasteiger partial charge is 0.478 e. The first kappa shape index (κ1) is 21.0. The first-order valence-electron chi connectivity index (χ1n) is 10.5. The van der Waals surface area contributed by atoms with Crippen LogP contribution in [0.5, 0.6) is 0 Å². The van der Waals surface area contributed by atoms with E-state index in [1.165, 1.54) is 0 Å². The van der Waals surface area contributed by atoms with Crippen LogP contribution in [-0.2, 0) is 4.79 Å². The molecule has 2 N–H and O–H groups in total. The van der Waals surface area contributed by atoms with Crippen LogP contribution in [0.1, 0.15) is 49.9 Å². The van der Waals surface area contributed by atoms with Gasteiger partial charge >= 0.3 is 5.97 Å². The summed E-state index contributed by atoms with van der Waals surface area (Å²) in [7, 11) is 0. The van der Waals surface area contributed by atoms with Crippen molar-refractivity contribution in [3.63, 3.8) is 0 Å². The third kappa shape index (κ3) is 5.23. The smallest absolute Gasteiger partial charge is 0.336 e. The van der Waals surface area contributed by atoms with Crippen molar-refractivity contribution in [2.24, 2.45) is 0 Å². The second-order valence-corrected chi connectivity index (χ2v) is 7.55. The monoisotopic (exact) mass is 398 g/mol. The number of rotatable bonds is 8. The molecule has 0 spiro atoms. The molecule has 1 aliphatic rings. The molecule has 1 saturated heterocycles. The van der Waals surface area contributed by atoms with Gasteiger partial charge in [-0.2, -0.15) is 0 Å². The Labute approximate surface area is 171 Å². The second kappa shape index (κ2) is 9.69. The number of hydrogen-bond acceptors (Lipinski definition) is 5. The van der Waals surface area contributed by atoms with Gasteiger partial charge < -0.3 is 15.3 Å². The topological polar surface area (TPSA) is 85.8 Å². The summed E-state index contributed by atoms with van der Waals surface area (Å²) in [6.45, 7) is 8.89. The predicted octanol–water partition coefficient (Wildman–Crippen LogP) is 3.59. The number of hydrogen-bond donors (Lipinski definition) is 2. The van der Waals surface area contributed by atoms with Crippen LogP contribution in [0.15, 0.2) is 24.3 Å².